The second-order valence-corrected chi connectivity index (χ2v) is 8.34. The van der Waals surface area contributed by atoms with Crippen molar-refractivity contribution in [3.8, 4) is 0 Å². The van der Waals surface area contributed by atoms with Crippen molar-refractivity contribution in [3.05, 3.63) is 33.9 Å². The third-order valence-electron chi connectivity index (χ3n) is 4.28. The molecule has 1 aliphatic rings. The Morgan fingerprint density at radius 1 is 1.41 bits per heavy atom. The van der Waals surface area contributed by atoms with Crippen molar-refractivity contribution in [3.63, 3.8) is 0 Å². The highest BCUT2D eigenvalue weighted by atomic mass is 32.2. The van der Waals surface area contributed by atoms with Crippen LogP contribution in [0.15, 0.2) is 23.1 Å². The van der Waals surface area contributed by atoms with E-state index in [0.717, 1.165) is 6.07 Å². The van der Waals surface area contributed by atoms with Crippen LogP contribution in [0.4, 0.5) is 5.69 Å². The largest absolute Gasteiger partial charge is 0.327 e. The Kier molecular flexibility index (Phi) is 4.29. The molecule has 1 aromatic carbocycles. The van der Waals surface area contributed by atoms with Crippen LogP contribution in [0, 0.1) is 22.5 Å². The maximum atomic E-state index is 12.8. The van der Waals surface area contributed by atoms with Crippen molar-refractivity contribution in [2.75, 3.05) is 13.1 Å². The molecule has 0 radical (unpaired) electrons. The number of nitro groups is 1. The fraction of sp³-hybridized carbons (Fsp3) is 0.571. The normalized spacial score (nSPS) is 22.5. The fourth-order valence-electron chi connectivity index (χ4n) is 2.65. The van der Waals surface area contributed by atoms with Crippen LogP contribution in [-0.2, 0) is 10.0 Å². The van der Waals surface area contributed by atoms with Gasteiger partial charge >= 0.3 is 0 Å². The van der Waals surface area contributed by atoms with E-state index in [1.807, 2.05) is 13.8 Å². The van der Waals surface area contributed by atoms with Crippen molar-refractivity contribution in [1.82, 2.24) is 4.31 Å². The minimum atomic E-state index is -3.77. The van der Waals surface area contributed by atoms with E-state index < -0.39 is 14.9 Å². The summed E-state index contributed by atoms with van der Waals surface area (Å²) in [5.41, 5.74) is 5.98. The van der Waals surface area contributed by atoms with Gasteiger partial charge in [0.1, 0.15) is 0 Å². The van der Waals surface area contributed by atoms with Gasteiger partial charge in [-0.05, 0) is 24.3 Å². The first-order valence-electron chi connectivity index (χ1n) is 7.06. The minimum Gasteiger partial charge on any atom is -0.327 e. The van der Waals surface area contributed by atoms with E-state index in [-0.39, 0.29) is 22.0 Å². The van der Waals surface area contributed by atoms with Crippen LogP contribution in [0.2, 0.25) is 0 Å². The van der Waals surface area contributed by atoms with Gasteiger partial charge in [-0.3, -0.25) is 10.1 Å². The van der Waals surface area contributed by atoms with E-state index in [1.165, 1.54) is 16.4 Å². The third kappa shape index (κ3) is 2.99. The zero-order chi connectivity index (χ0) is 16.7. The summed E-state index contributed by atoms with van der Waals surface area (Å²) in [5, 5.41) is 10.9. The molecule has 1 heterocycles. The molecule has 7 nitrogen and oxygen atoms in total. The van der Waals surface area contributed by atoms with E-state index >= 15 is 0 Å². The first kappa shape index (κ1) is 16.9. The summed E-state index contributed by atoms with van der Waals surface area (Å²) in [6.45, 7) is 6.13. The van der Waals surface area contributed by atoms with Crippen LogP contribution in [-0.4, -0.2) is 36.8 Å². The maximum absolute atomic E-state index is 12.8. The lowest BCUT2D eigenvalue weighted by Gasteiger charge is -2.41. The number of aryl methyl sites for hydroxylation is 1. The molecular weight excluding hydrogens is 306 g/mol. The quantitative estimate of drug-likeness (QED) is 0.671. The molecule has 2 N–H and O–H groups in total. The lowest BCUT2D eigenvalue weighted by atomic mass is 9.81. The molecular formula is C14H21N3O4S. The number of nitrogens with two attached hydrogens (primary N) is 1. The lowest BCUT2D eigenvalue weighted by molar-refractivity contribution is -0.385. The molecule has 0 aromatic heterocycles. The van der Waals surface area contributed by atoms with E-state index in [9.17, 15) is 18.5 Å². The monoisotopic (exact) mass is 327 g/mol. The minimum absolute atomic E-state index is 0.00651. The average molecular weight is 327 g/mol. The number of rotatable bonds is 3. The number of piperidine rings is 1. The predicted octanol–water partition coefficient (Wildman–Crippen LogP) is 1.65. The first-order valence-corrected chi connectivity index (χ1v) is 8.50. The lowest BCUT2D eigenvalue weighted by Crippen LogP contribution is -2.53. The molecule has 1 fully saturated rings. The van der Waals surface area contributed by atoms with Crippen LogP contribution in [0.1, 0.15) is 25.8 Å². The molecule has 0 amide bonds. The number of hydrogen-bond donors (Lipinski definition) is 1. The van der Waals surface area contributed by atoms with Crippen molar-refractivity contribution >= 4 is 15.7 Å². The van der Waals surface area contributed by atoms with Gasteiger partial charge in [0, 0.05) is 31.3 Å². The summed E-state index contributed by atoms with van der Waals surface area (Å²) >= 11 is 0. The Balaban J connectivity index is 2.43. The smallest absolute Gasteiger partial charge is 0.270 e. The summed E-state index contributed by atoms with van der Waals surface area (Å²) in [5.74, 6) is 0. The zero-order valence-electron chi connectivity index (χ0n) is 12.9. The Morgan fingerprint density at radius 2 is 2.05 bits per heavy atom. The van der Waals surface area contributed by atoms with Gasteiger partial charge in [0.2, 0.25) is 10.0 Å². The van der Waals surface area contributed by atoms with Crippen molar-refractivity contribution in [2.45, 2.75) is 38.1 Å². The Labute approximate surface area is 130 Å². The van der Waals surface area contributed by atoms with Crippen LogP contribution in [0.3, 0.4) is 0 Å². The van der Waals surface area contributed by atoms with Crippen molar-refractivity contribution in [1.29, 1.82) is 0 Å². The SMILES string of the molecule is Cc1ccc([N+](=O)[O-])cc1S(=O)(=O)N1CCC(N)C(C)(C)C1. The summed E-state index contributed by atoms with van der Waals surface area (Å²) < 4.78 is 27.1. The van der Waals surface area contributed by atoms with E-state index in [4.69, 9.17) is 5.73 Å². The van der Waals surface area contributed by atoms with Gasteiger partial charge in [-0.15, -0.1) is 0 Å². The number of nitro benzene ring substituents is 1. The van der Waals surface area contributed by atoms with Crippen molar-refractivity contribution in [2.24, 2.45) is 11.1 Å². The second kappa shape index (κ2) is 5.60. The number of sulfonamides is 1. The first-order chi connectivity index (χ1) is 10.1. The topological polar surface area (TPSA) is 107 Å². The highest BCUT2D eigenvalue weighted by Gasteiger charge is 2.39. The van der Waals surface area contributed by atoms with Gasteiger partial charge in [0.05, 0.1) is 9.82 Å². The van der Waals surface area contributed by atoms with Gasteiger partial charge < -0.3 is 5.73 Å². The molecule has 0 spiro atoms. The molecule has 1 saturated heterocycles. The van der Waals surface area contributed by atoms with Gasteiger partial charge in [0.15, 0.2) is 0 Å². The summed E-state index contributed by atoms with van der Waals surface area (Å²) in [6, 6.07) is 3.84. The standard InChI is InChI=1S/C14H21N3O4S/c1-10-4-5-11(17(18)19)8-12(10)22(20,21)16-7-6-13(15)14(2,3)9-16/h4-5,8,13H,6-7,9,15H2,1-3H3. The van der Waals surface area contributed by atoms with Gasteiger partial charge in [-0.1, -0.05) is 19.9 Å². The second-order valence-electron chi connectivity index (χ2n) is 6.43. The molecule has 1 atom stereocenters. The Morgan fingerprint density at radius 3 is 2.59 bits per heavy atom. The molecule has 1 unspecified atom stereocenters. The predicted molar refractivity (Wildman–Crippen MR) is 83.0 cm³/mol. The molecule has 122 valence electrons. The molecule has 1 aromatic rings. The number of hydrogen-bond acceptors (Lipinski definition) is 5. The third-order valence-corrected chi connectivity index (χ3v) is 6.26. The zero-order valence-corrected chi connectivity index (χ0v) is 13.8. The maximum Gasteiger partial charge on any atom is 0.270 e. The molecule has 22 heavy (non-hydrogen) atoms. The van der Waals surface area contributed by atoms with Crippen LogP contribution in [0.5, 0.6) is 0 Å². The van der Waals surface area contributed by atoms with E-state index in [1.54, 1.807) is 6.92 Å². The van der Waals surface area contributed by atoms with Gasteiger partial charge in [0.25, 0.3) is 5.69 Å². The summed E-state index contributed by atoms with van der Waals surface area (Å²) in [7, 11) is -3.77. The van der Waals surface area contributed by atoms with E-state index in [0.29, 0.717) is 25.1 Å². The number of benzene rings is 1. The molecule has 1 aliphatic heterocycles. The summed E-state index contributed by atoms with van der Waals surface area (Å²) in [4.78, 5) is 10.3. The molecule has 8 heteroatoms. The molecule has 0 bridgehead atoms. The van der Waals surface area contributed by atoms with Gasteiger partial charge in [-0.25, -0.2) is 8.42 Å². The molecule has 2 rings (SSSR count). The summed E-state index contributed by atoms with van der Waals surface area (Å²) in [6.07, 6.45) is 0.570. The number of nitrogens with zero attached hydrogens (tertiary/aromatic N) is 2. The average Bonchev–Trinajstić information content (AvgIpc) is 2.41. The highest BCUT2D eigenvalue weighted by Crippen LogP contribution is 2.33. The van der Waals surface area contributed by atoms with Crippen LogP contribution in [0.25, 0.3) is 0 Å². The Hall–Kier alpha value is -1.51. The van der Waals surface area contributed by atoms with Crippen LogP contribution >= 0.6 is 0 Å². The van der Waals surface area contributed by atoms with Crippen molar-refractivity contribution < 1.29 is 13.3 Å². The number of non-ortho nitro benzene ring substituents is 1. The van der Waals surface area contributed by atoms with Gasteiger partial charge in [-0.2, -0.15) is 4.31 Å². The van der Waals surface area contributed by atoms with E-state index in [2.05, 4.69) is 0 Å². The highest BCUT2D eigenvalue weighted by molar-refractivity contribution is 7.89. The molecule has 0 saturated carbocycles. The molecule has 0 aliphatic carbocycles. The fourth-order valence-corrected chi connectivity index (χ4v) is 4.52. The van der Waals surface area contributed by atoms with Crippen LogP contribution < -0.4 is 5.73 Å². The Bertz CT molecular complexity index is 700.